The first-order valence-corrected chi connectivity index (χ1v) is 6.88. The molecule has 110 valence electrons. The highest BCUT2D eigenvalue weighted by Crippen LogP contribution is 2.04. The third kappa shape index (κ3) is 2.71. The molecule has 6 heteroatoms. The lowest BCUT2D eigenvalue weighted by molar-refractivity contribution is -0.361. The number of carbonyl (C=O) groups is 1. The first-order valence-electron chi connectivity index (χ1n) is 6.88. The van der Waals surface area contributed by atoms with Crippen LogP contribution < -0.4 is 15.9 Å². The molecule has 3 heterocycles. The molecule has 0 saturated heterocycles. The number of aromatic amines is 1. The maximum Gasteiger partial charge on any atom is 0.346 e. The number of H-pyrrole nitrogens is 1. The maximum atomic E-state index is 12.5. The molecule has 0 aliphatic heterocycles. The van der Waals surface area contributed by atoms with Crippen molar-refractivity contribution in [3.05, 3.63) is 70.4 Å². The topological polar surface area (TPSA) is 77.6 Å². The average Bonchev–Trinajstić information content (AvgIpc) is 2.52. The van der Waals surface area contributed by atoms with Crippen LogP contribution in [0.15, 0.2) is 53.6 Å². The normalized spacial score (nSPS) is 10.6. The molecule has 3 aromatic rings. The molecule has 1 amide bonds. The van der Waals surface area contributed by atoms with E-state index in [9.17, 15) is 9.59 Å². The first kappa shape index (κ1) is 13.9. The van der Waals surface area contributed by atoms with Crippen LogP contribution in [-0.2, 0) is 11.2 Å². The molecule has 0 radical (unpaired) electrons. The molecule has 0 fully saturated rings. The summed E-state index contributed by atoms with van der Waals surface area (Å²) in [7, 11) is 0. The number of anilines is 1. The highest BCUT2D eigenvalue weighted by atomic mass is 16.2. The summed E-state index contributed by atoms with van der Waals surface area (Å²) in [6.07, 6.45) is 3.27. The third-order valence-electron chi connectivity index (χ3n) is 3.37. The van der Waals surface area contributed by atoms with E-state index in [4.69, 9.17) is 0 Å². The second-order valence-electron chi connectivity index (χ2n) is 4.93. The van der Waals surface area contributed by atoms with Gasteiger partial charge in [-0.2, -0.15) is 4.40 Å². The third-order valence-corrected chi connectivity index (χ3v) is 3.37. The van der Waals surface area contributed by atoms with Crippen molar-refractivity contribution in [1.29, 1.82) is 0 Å². The van der Waals surface area contributed by atoms with Crippen molar-refractivity contribution in [2.75, 3.05) is 5.32 Å². The molecular weight excluding hydrogens is 280 g/mol. The number of nitrogens with one attached hydrogen (secondary N) is 2. The van der Waals surface area contributed by atoms with E-state index in [1.54, 1.807) is 43.6 Å². The Morgan fingerprint density at radius 2 is 2.09 bits per heavy atom. The van der Waals surface area contributed by atoms with Crippen LogP contribution in [0.1, 0.15) is 11.3 Å². The molecule has 0 aliphatic carbocycles. The fourth-order valence-electron chi connectivity index (χ4n) is 2.29. The van der Waals surface area contributed by atoms with Gasteiger partial charge >= 0.3 is 5.56 Å². The van der Waals surface area contributed by atoms with Crippen LogP contribution in [0.4, 0.5) is 5.82 Å². The monoisotopic (exact) mass is 295 g/mol. The summed E-state index contributed by atoms with van der Waals surface area (Å²) in [5.41, 5.74) is 1.63. The van der Waals surface area contributed by atoms with E-state index < -0.39 is 0 Å². The zero-order chi connectivity index (χ0) is 15.5. The maximum absolute atomic E-state index is 12.5. The number of fused-ring (bicyclic) bond motifs is 1. The van der Waals surface area contributed by atoms with E-state index in [-0.39, 0.29) is 17.9 Å². The first-order chi connectivity index (χ1) is 10.6. The Morgan fingerprint density at radius 3 is 2.86 bits per heavy atom. The molecule has 2 N–H and O–H groups in total. The summed E-state index contributed by atoms with van der Waals surface area (Å²) in [5.74, 6) is 0.193. The average molecular weight is 295 g/mol. The quantitative estimate of drug-likeness (QED) is 0.783. The largest absolute Gasteiger partial charge is 0.346 e. The van der Waals surface area contributed by atoms with E-state index in [0.717, 1.165) is 0 Å². The van der Waals surface area contributed by atoms with Gasteiger partial charge in [-0.25, -0.2) is 14.8 Å². The minimum atomic E-state index is -0.275. The highest BCUT2D eigenvalue weighted by molar-refractivity contribution is 5.91. The number of pyridine rings is 2. The van der Waals surface area contributed by atoms with Crippen LogP contribution in [0, 0.1) is 6.92 Å². The summed E-state index contributed by atoms with van der Waals surface area (Å²) >= 11 is 0. The molecule has 0 atom stereocenters. The molecule has 3 rings (SSSR count). The summed E-state index contributed by atoms with van der Waals surface area (Å²) in [6.45, 7) is 1.79. The lowest BCUT2D eigenvalue weighted by atomic mass is 10.1. The molecule has 3 aromatic heterocycles. The van der Waals surface area contributed by atoms with Gasteiger partial charge in [-0.05, 0) is 25.1 Å². The van der Waals surface area contributed by atoms with Gasteiger partial charge in [0.2, 0.25) is 5.91 Å². The molecule has 0 unspecified atom stereocenters. The van der Waals surface area contributed by atoms with Crippen molar-refractivity contribution in [2.45, 2.75) is 13.3 Å². The zero-order valence-corrected chi connectivity index (χ0v) is 12.0. The van der Waals surface area contributed by atoms with E-state index in [1.165, 1.54) is 4.40 Å². The van der Waals surface area contributed by atoms with Gasteiger partial charge in [0, 0.05) is 12.3 Å². The summed E-state index contributed by atoms with van der Waals surface area (Å²) in [6, 6.07) is 10.7. The zero-order valence-electron chi connectivity index (χ0n) is 12.0. The smallest absolute Gasteiger partial charge is 0.310 e. The number of amides is 1. The van der Waals surface area contributed by atoms with E-state index in [2.05, 4.69) is 15.3 Å². The second-order valence-corrected chi connectivity index (χ2v) is 4.93. The Kier molecular flexibility index (Phi) is 3.65. The Bertz CT molecular complexity index is 888. The van der Waals surface area contributed by atoms with Gasteiger partial charge in [0.15, 0.2) is 0 Å². The summed E-state index contributed by atoms with van der Waals surface area (Å²) in [4.78, 5) is 31.8. The number of aromatic nitrogens is 3. The molecule has 0 spiro atoms. The van der Waals surface area contributed by atoms with E-state index in [1.807, 2.05) is 12.1 Å². The number of rotatable bonds is 3. The van der Waals surface area contributed by atoms with Crippen LogP contribution in [0.5, 0.6) is 0 Å². The highest BCUT2D eigenvalue weighted by Gasteiger charge is 2.18. The van der Waals surface area contributed by atoms with E-state index >= 15 is 0 Å². The molecule has 6 nitrogen and oxygen atoms in total. The SMILES string of the molecule is Cc1[nH+]c2ccccn2c(=O)c1CC(=O)Nc1ccccn1. The number of hydrogen-bond acceptors (Lipinski definition) is 3. The van der Waals surface area contributed by atoms with Gasteiger partial charge in [0.25, 0.3) is 5.65 Å². The van der Waals surface area contributed by atoms with Crippen LogP contribution in [0.25, 0.3) is 5.65 Å². The standard InChI is InChI=1S/C16H14N4O2/c1-11-12(10-15(21)19-13-6-2-4-8-17-13)16(22)20-9-5-3-7-14(20)18-11/h2-9H,10H2,1H3,(H,17,19,21)/p+1. The van der Waals surface area contributed by atoms with Crippen molar-refractivity contribution in [1.82, 2.24) is 9.38 Å². The Labute approximate surface area is 126 Å². The fourth-order valence-corrected chi connectivity index (χ4v) is 2.29. The summed E-state index contributed by atoms with van der Waals surface area (Å²) in [5, 5.41) is 2.68. The van der Waals surface area contributed by atoms with Gasteiger partial charge in [-0.1, -0.05) is 12.1 Å². The fraction of sp³-hybridized carbons (Fsp3) is 0.125. The van der Waals surface area contributed by atoms with Crippen LogP contribution in [0.2, 0.25) is 0 Å². The van der Waals surface area contributed by atoms with Crippen molar-refractivity contribution in [3.8, 4) is 0 Å². The Hall–Kier alpha value is -3.02. The van der Waals surface area contributed by atoms with Crippen LogP contribution in [-0.4, -0.2) is 15.3 Å². The van der Waals surface area contributed by atoms with Gasteiger partial charge < -0.3 is 5.32 Å². The van der Waals surface area contributed by atoms with Gasteiger partial charge in [0.05, 0.1) is 18.2 Å². The van der Waals surface area contributed by atoms with Crippen molar-refractivity contribution in [3.63, 3.8) is 0 Å². The molecule has 0 aromatic carbocycles. The van der Waals surface area contributed by atoms with Gasteiger partial charge in [-0.15, -0.1) is 0 Å². The molecular formula is C16H15N4O2+. The Morgan fingerprint density at radius 1 is 1.27 bits per heavy atom. The lowest BCUT2D eigenvalue weighted by Gasteiger charge is -2.05. The van der Waals surface area contributed by atoms with E-state index in [0.29, 0.717) is 22.7 Å². The number of nitrogens with zero attached hydrogens (tertiary/aromatic N) is 2. The number of aryl methyl sites for hydroxylation is 1. The lowest BCUT2D eigenvalue weighted by Crippen LogP contribution is -2.31. The molecule has 0 bridgehead atoms. The van der Waals surface area contributed by atoms with Crippen molar-refractivity contribution >= 4 is 17.4 Å². The van der Waals surface area contributed by atoms with Crippen molar-refractivity contribution in [2.24, 2.45) is 0 Å². The predicted molar refractivity (Wildman–Crippen MR) is 81.5 cm³/mol. The van der Waals surface area contributed by atoms with Gasteiger partial charge in [-0.3, -0.25) is 4.79 Å². The predicted octanol–water partition coefficient (Wildman–Crippen LogP) is 0.998. The van der Waals surface area contributed by atoms with Gasteiger partial charge in [0.1, 0.15) is 11.5 Å². The minimum absolute atomic E-state index is 0.00439. The molecule has 0 aliphatic rings. The second kappa shape index (κ2) is 5.77. The summed E-state index contributed by atoms with van der Waals surface area (Å²) < 4.78 is 1.50. The molecule has 22 heavy (non-hydrogen) atoms. The van der Waals surface area contributed by atoms with Crippen LogP contribution >= 0.6 is 0 Å². The number of hydrogen-bond donors (Lipinski definition) is 1. The molecule has 0 saturated carbocycles. The Balaban J connectivity index is 1.91. The van der Waals surface area contributed by atoms with Crippen LogP contribution in [0.3, 0.4) is 0 Å². The minimum Gasteiger partial charge on any atom is -0.310 e. The number of carbonyl (C=O) groups excluding carboxylic acids is 1. The van der Waals surface area contributed by atoms with Crippen molar-refractivity contribution < 1.29 is 9.78 Å².